The fourth-order valence-electron chi connectivity index (χ4n) is 3.75. The van der Waals surface area contributed by atoms with Crippen molar-refractivity contribution < 1.29 is 9.31 Å². The molecule has 0 unspecified atom stereocenters. The SMILES string of the molecule is CCc1c(B2OC(C)(C)C(C)(C)O2)cnn1CC1CCCCC1. The van der Waals surface area contributed by atoms with Crippen LogP contribution in [0.15, 0.2) is 6.20 Å². The van der Waals surface area contributed by atoms with Crippen LogP contribution in [0.1, 0.15) is 72.4 Å². The normalized spacial score (nSPS) is 24.3. The number of rotatable bonds is 4. The van der Waals surface area contributed by atoms with Crippen molar-refractivity contribution >= 4 is 12.6 Å². The second-order valence-electron chi connectivity index (χ2n) is 8.17. The van der Waals surface area contributed by atoms with E-state index in [2.05, 4.69) is 44.4 Å². The van der Waals surface area contributed by atoms with Gasteiger partial charge in [-0.3, -0.25) is 4.68 Å². The van der Waals surface area contributed by atoms with E-state index in [-0.39, 0.29) is 18.3 Å². The monoisotopic (exact) mass is 318 g/mol. The standard InChI is InChI=1S/C18H31BN2O2/c1-6-16-15(19-22-17(2,3)18(4,5)23-19)12-20-21(16)13-14-10-8-7-9-11-14/h12,14H,6-11,13H2,1-5H3. The molecule has 0 amide bonds. The molecule has 1 aliphatic carbocycles. The Hall–Kier alpha value is -0.805. The molecule has 0 spiro atoms. The molecule has 2 heterocycles. The number of hydrogen-bond donors (Lipinski definition) is 0. The zero-order valence-corrected chi connectivity index (χ0v) is 15.4. The van der Waals surface area contributed by atoms with Gasteiger partial charge < -0.3 is 9.31 Å². The molecule has 0 atom stereocenters. The highest BCUT2D eigenvalue weighted by atomic mass is 16.7. The highest BCUT2D eigenvalue weighted by molar-refractivity contribution is 6.62. The number of nitrogens with zero attached hydrogens (tertiary/aromatic N) is 2. The van der Waals surface area contributed by atoms with Crippen LogP contribution in [0.2, 0.25) is 0 Å². The minimum Gasteiger partial charge on any atom is -0.399 e. The quantitative estimate of drug-likeness (QED) is 0.799. The van der Waals surface area contributed by atoms with E-state index in [9.17, 15) is 0 Å². The minimum atomic E-state index is -0.297. The number of hydrogen-bond acceptors (Lipinski definition) is 3. The van der Waals surface area contributed by atoms with E-state index in [0.29, 0.717) is 0 Å². The second-order valence-corrected chi connectivity index (χ2v) is 8.17. The predicted octanol–water partition coefficient (Wildman–Crippen LogP) is 3.33. The molecule has 3 rings (SSSR count). The van der Waals surface area contributed by atoms with Gasteiger partial charge in [-0.1, -0.05) is 26.2 Å². The molecule has 4 nitrogen and oxygen atoms in total. The van der Waals surface area contributed by atoms with E-state index >= 15 is 0 Å². The Morgan fingerprint density at radius 3 is 2.30 bits per heavy atom. The summed E-state index contributed by atoms with van der Waals surface area (Å²) in [5, 5.41) is 4.68. The van der Waals surface area contributed by atoms with Gasteiger partial charge in [-0.25, -0.2) is 0 Å². The van der Waals surface area contributed by atoms with Gasteiger partial charge in [0.15, 0.2) is 0 Å². The molecule has 5 heteroatoms. The van der Waals surface area contributed by atoms with E-state index in [4.69, 9.17) is 9.31 Å². The minimum absolute atomic E-state index is 0.296. The van der Waals surface area contributed by atoms with Gasteiger partial charge in [0.1, 0.15) is 0 Å². The Balaban J connectivity index is 1.79. The first-order valence-corrected chi connectivity index (χ1v) is 9.24. The molecule has 1 aromatic rings. The molecule has 2 aliphatic rings. The van der Waals surface area contributed by atoms with Crippen molar-refractivity contribution in [2.75, 3.05) is 0 Å². The first-order valence-electron chi connectivity index (χ1n) is 9.24. The summed E-state index contributed by atoms with van der Waals surface area (Å²) in [6.07, 6.45) is 9.75. The highest BCUT2D eigenvalue weighted by Gasteiger charge is 2.52. The third-order valence-corrected chi connectivity index (χ3v) is 5.98. The molecule has 128 valence electrons. The summed E-state index contributed by atoms with van der Waals surface area (Å²) in [5.74, 6) is 0.778. The molecular weight excluding hydrogens is 287 g/mol. The van der Waals surface area contributed by atoms with Gasteiger partial charge in [-0.15, -0.1) is 0 Å². The maximum Gasteiger partial charge on any atom is 0.498 e. The van der Waals surface area contributed by atoms with E-state index in [1.54, 1.807) is 0 Å². The maximum atomic E-state index is 6.22. The van der Waals surface area contributed by atoms with Crippen LogP contribution in [0.5, 0.6) is 0 Å². The Labute approximate surface area is 141 Å². The molecule has 2 fully saturated rings. The molecule has 1 saturated carbocycles. The number of aromatic nitrogens is 2. The van der Waals surface area contributed by atoms with Crippen molar-refractivity contribution in [3.63, 3.8) is 0 Å². The summed E-state index contributed by atoms with van der Waals surface area (Å²) in [6.45, 7) is 11.7. The van der Waals surface area contributed by atoms with E-state index < -0.39 is 0 Å². The maximum absolute atomic E-state index is 6.22. The lowest BCUT2D eigenvalue weighted by molar-refractivity contribution is 0.00578. The molecule has 0 radical (unpaired) electrons. The average molecular weight is 318 g/mol. The van der Waals surface area contributed by atoms with Crippen LogP contribution in [-0.2, 0) is 22.3 Å². The van der Waals surface area contributed by atoms with Gasteiger partial charge in [-0.05, 0) is 52.9 Å². The Morgan fingerprint density at radius 2 is 1.74 bits per heavy atom. The van der Waals surface area contributed by atoms with Crippen molar-refractivity contribution in [2.45, 2.75) is 90.9 Å². The van der Waals surface area contributed by atoms with Crippen molar-refractivity contribution in [1.29, 1.82) is 0 Å². The van der Waals surface area contributed by atoms with Gasteiger partial charge in [0.25, 0.3) is 0 Å². The third-order valence-electron chi connectivity index (χ3n) is 5.98. The van der Waals surface area contributed by atoms with Crippen LogP contribution in [0, 0.1) is 5.92 Å². The topological polar surface area (TPSA) is 36.3 Å². The van der Waals surface area contributed by atoms with Crippen molar-refractivity contribution in [2.24, 2.45) is 5.92 Å². The fourth-order valence-corrected chi connectivity index (χ4v) is 3.75. The van der Waals surface area contributed by atoms with E-state index in [0.717, 1.165) is 24.3 Å². The van der Waals surface area contributed by atoms with Crippen LogP contribution in [0.3, 0.4) is 0 Å². The molecule has 0 N–H and O–H groups in total. The lowest BCUT2D eigenvalue weighted by Gasteiger charge is -2.32. The average Bonchev–Trinajstić information content (AvgIpc) is 2.98. The third kappa shape index (κ3) is 3.23. The Bertz CT molecular complexity index is 531. The Kier molecular flexibility index (Phi) is 4.63. The van der Waals surface area contributed by atoms with Gasteiger partial charge in [0, 0.05) is 23.9 Å². The van der Waals surface area contributed by atoms with Crippen LogP contribution < -0.4 is 5.46 Å². The summed E-state index contributed by atoms with van der Waals surface area (Å²) in [7, 11) is -0.296. The Morgan fingerprint density at radius 1 is 1.13 bits per heavy atom. The molecular formula is C18H31BN2O2. The molecule has 1 aliphatic heterocycles. The van der Waals surface area contributed by atoms with Gasteiger partial charge in [-0.2, -0.15) is 5.10 Å². The fraction of sp³-hybridized carbons (Fsp3) is 0.833. The lowest BCUT2D eigenvalue weighted by Crippen LogP contribution is -2.41. The first kappa shape index (κ1) is 17.0. The van der Waals surface area contributed by atoms with E-state index in [1.165, 1.54) is 37.8 Å². The highest BCUT2D eigenvalue weighted by Crippen LogP contribution is 2.36. The van der Waals surface area contributed by atoms with Crippen molar-refractivity contribution in [3.8, 4) is 0 Å². The van der Waals surface area contributed by atoms with Gasteiger partial charge in [0.05, 0.1) is 11.2 Å². The van der Waals surface area contributed by atoms with E-state index in [1.807, 2.05) is 6.20 Å². The summed E-state index contributed by atoms with van der Waals surface area (Å²) < 4.78 is 14.6. The zero-order valence-electron chi connectivity index (χ0n) is 15.4. The predicted molar refractivity (Wildman–Crippen MR) is 93.9 cm³/mol. The summed E-state index contributed by atoms with van der Waals surface area (Å²) in [6, 6.07) is 0. The molecule has 1 saturated heterocycles. The van der Waals surface area contributed by atoms with Crippen molar-refractivity contribution in [3.05, 3.63) is 11.9 Å². The summed E-state index contributed by atoms with van der Waals surface area (Å²) >= 11 is 0. The summed E-state index contributed by atoms with van der Waals surface area (Å²) in [4.78, 5) is 0. The van der Waals surface area contributed by atoms with Crippen LogP contribution in [0.4, 0.5) is 0 Å². The van der Waals surface area contributed by atoms with Crippen LogP contribution in [0.25, 0.3) is 0 Å². The largest absolute Gasteiger partial charge is 0.498 e. The molecule has 0 aromatic carbocycles. The van der Waals surface area contributed by atoms with Crippen molar-refractivity contribution in [1.82, 2.24) is 9.78 Å². The molecule has 23 heavy (non-hydrogen) atoms. The zero-order chi connectivity index (χ0) is 16.7. The lowest BCUT2D eigenvalue weighted by atomic mass is 9.78. The van der Waals surface area contributed by atoms with Gasteiger partial charge in [0.2, 0.25) is 0 Å². The first-order chi connectivity index (χ1) is 10.8. The van der Waals surface area contributed by atoms with Gasteiger partial charge >= 0.3 is 7.12 Å². The summed E-state index contributed by atoms with van der Waals surface area (Å²) in [5.41, 5.74) is 1.79. The molecule has 1 aromatic heterocycles. The smallest absolute Gasteiger partial charge is 0.399 e. The second kappa shape index (κ2) is 6.25. The van der Waals surface area contributed by atoms with Crippen LogP contribution in [-0.4, -0.2) is 28.1 Å². The molecule has 0 bridgehead atoms. The van der Waals surface area contributed by atoms with Crippen LogP contribution >= 0.6 is 0 Å².